The van der Waals surface area contributed by atoms with Crippen molar-refractivity contribution in [1.82, 2.24) is 5.32 Å². The Morgan fingerprint density at radius 3 is 2.44 bits per heavy atom. The van der Waals surface area contributed by atoms with Gasteiger partial charge in [0.05, 0.1) is 0 Å². The Morgan fingerprint density at radius 2 is 1.88 bits per heavy atom. The summed E-state index contributed by atoms with van der Waals surface area (Å²) in [6.07, 6.45) is 0. The number of benzene rings is 1. The molecule has 2 heteroatoms. The molecule has 0 saturated heterocycles. The van der Waals surface area contributed by atoms with Gasteiger partial charge >= 0.3 is 0 Å². The van der Waals surface area contributed by atoms with E-state index >= 15 is 0 Å². The first-order valence-electron chi connectivity index (χ1n) is 5.86. The van der Waals surface area contributed by atoms with E-state index in [0.717, 1.165) is 6.54 Å². The van der Waals surface area contributed by atoms with Crippen LogP contribution in [-0.4, -0.2) is 17.3 Å². The summed E-state index contributed by atoms with van der Waals surface area (Å²) < 4.78 is 0. The molecule has 16 heavy (non-hydrogen) atoms. The lowest BCUT2D eigenvalue weighted by Gasteiger charge is -2.23. The van der Waals surface area contributed by atoms with Gasteiger partial charge in [0, 0.05) is 22.2 Å². The van der Waals surface area contributed by atoms with E-state index in [-0.39, 0.29) is 5.54 Å². The zero-order valence-corrected chi connectivity index (χ0v) is 11.8. The van der Waals surface area contributed by atoms with Gasteiger partial charge in [-0.25, -0.2) is 0 Å². The second-order valence-corrected chi connectivity index (χ2v) is 6.81. The molecular weight excluding hydrogens is 214 g/mol. The van der Waals surface area contributed by atoms with Gasteiger partial charge in [-0.15, -0.1) is 11.8 Å². The smallest absolute Gasteiger partial charge is 0.0191 e. The fourth-order valence-corrected chi connectivity index (χ4v) is 2.41. The van der Waals surface area contributed by atoms with Crippen LogP contribution in [0, 0.1) is 6.92 Å². The molecule has 1 atom stereocenters. The van der Waals surface area contributed by atoms with E-state index in [2.05, 4.69) is 64.2 Å². The molecule has 1 aromatic rings. The number of nitrogens with one attached hydrogen (secondary N) is 1. The van der Waals surface area contributed by atoms with E-state index in [1.165, 1.54) is 10.5 Å². The zero-order chi connectivity index (χ0) is 12.2. The summed E-state index contributed by atoms with van der Waals surface area (Å²) in [5.74, 6) is 0. The summed E-state index contributed by atoms with van der Waals surface area (Å²) in [6.45, 7) is 12.1. The standard InChI is InChI=1S/C14H23NS/c1-11-8-6-7-9-13(11)16-12(2)10-15-14(3,4)5/h6-9,12,15H,10H2,1-5H3. The largest absolute Gasteiger partial charge is 0.311 e. The van der Waals surface area contributed by atoms with Gasteiger partial charge in [0.25, 0.3) is 0 Å². The molecule has 0 aliphatic heterocycles. The molecule has 0 spiro atoms. The predicted octanol–water partition coefficient (Wildman–Crippen LogP) is 3.86. The fourth-order valence-electron chi connectivity index (χ4n) is 1.40. The van der Waals surface area contributed by atoms with E-state index in [1.807, 2.05) is 11.8 Å². The molecule has 0 aromatic heterocycles. The lowest BCUT2D eigenvalue weighted by molar-refractivity contribution is 0.429. The van der Waals surface area contributed by atoms with Crippen LogP contribution < -0.4 is 5.32 Å². The van der Waals surface area contributed by atoms with Crippen LogP contribution in [-0.2, 0) is 0 Å². The average Bonchev–Trinajstić information content (AvgIpc) is 2.18. The van der Waals surface area contributed by atoms with Gasteiger partial charge in [-0.2, -0.15) is 0 Å². The van der Waals surface area contributed by atoms with Crippen molar-refractivity contribution in [3.8, 4) is 0 Å². The van der Waals surface area contributed by atoms with E-state index in [9.17, 15) is 0 Å². The van der Waals surface area contributed by atoms with Crippen molar-refractivity contribution in [3.63, 3.8) is 0 Å². The Labute approximate surface area is 104 Å². The van der Waals surface area contributed by atoms with Crippen LogP contribution in [0.2, 0.25) is 0 Å². The molecule has 1 unspecified atom stereocenters. The molecule has 0 aliphatic rings. The van der Waals surface area contributed by atoms with Gasteiger partial charge in [-0.3, -0.25) is 0 Å². The highest BCUT2D eigenvalue weighted by molar-refractivity contribution is 8.00. The van der Waals surface area contributed by atoms with E-state index in [4.69, 9.17) is 0 Å². The predicted molar refractivity (Wildman–Crippen MR) is 74.3 cm³/mol. The molecule has 90 valence electrons. The number of rotatable bonds is 4. The number of thioether (sulfide) groups is 1. The number of aryl methyl sites for hydroxylation is 1. The summed E-state index contributed by atoms with van der Waals surface area (Å²) in [6, 6.07) is 8.58. The maximum absolute atomic E-state index is 3.54. The zero-order valence-electron chi connectivity index (χ0n) is 11.0. The number of hydrogen-bond acceptors (Lipinski definition) is 2. The highest BCUT2D eigenvalue weighted by Gasteiger charge is 2.12. The van der Waals surface area contributed by atoms with Gasteiger partial charge < -0.3 is 5.32 Å². The molecule has 0 heterocycles. The van der Waals surface area contributed by atoms with Crippen LogP contribution in [0.1, 0.15) is 33.3 Å². The molecule has 0 amide bonds. The Balaban J connectivity index is 2.46. The molecule has 1 rings (SSSR count). The van der Waals surface area contributed by atoms with Crippen molar-refractivity contribution in [1.29, 1.82) is 0 Å². The Morgan fingerprint density at radius 1 is 1.25 bits per heavy atom. The summed E-state index contributed by atoms with van der Waals surface area (Å²) in [5.41, 5.74) is 1.58. The lowest BCUT2D eigenvalue weighted by atomic mass is 10.1. The Bertz CT molecular complexity index is 328. The third-order valence-electron chi connectivity index (χ3n) is 2.34. The van der Waals surface area contributed by atoms with Crippen molar-refractivity contribution >= 4 is 11.8 Å². The topological polar surface area (TPSA) is 12.0 Å². The Kier molecular flexibility index (Phi) is 4.88. The van der Waals surface area contributed by atoms with Crippen molar-refractivity contribution in [3.05, 3.63) is 29.8 Å². The van der Waals surface area contributed by atoms with Crippen LogP contribution >= 0.6 is 11.8 Å². The van der Waals surface area contributed by atoms with Gasteiger partial charge in [-0.05, 0) is 39.3 Å². The van der Waals surface area contributed by atoms with Gasteiger partial charge in [-0.1, -0.05) is 25.1 Å². The third kappa shape index (κ3) is 5.04. The highest BCUT2D eigenvalue weighted by Crippen LogP contribution is 2.26. The molecule has 1 nitrogen and oxygen atoms in total. The summed E-state index contributed by atoms with van der Waals surface area (Å²) >= 11 is 1.95. The second kappa shape index (κ2) is 5.74. The van der Waals surface area contributed by atoms with Gasteiger partial charge in [0.2, 0.25) is 0 Å². The minimum absolute atomic E-state index is 0.209. The quantitative estimate of drug-likeness (QED) is 0.798. The molecule has 1 N–H and O–H groups in total. The van der Waals surface area contributed by atoms with Crippen molar-refractivity contribution in [2.45, 2.75) is 50.3 Å². The van der Waals surface area contributed by atoms with Crippen LogP contribution in [0.15, 0.2) is 29.2 Å². The number of hydrogen-bond donors (Lipinski definition) is 1. The first-order valence-corrected chi connectivity index (χ1v) is 6.74. The molecule has 0 bridgehead atoms. The minimum atomic E-state index is 0.209. The Hall–Kier alpha value is -0.470. The molecule has 0 saturated carbocycles. The van der Waals surface area contributed by atoms with E-state index < -0.39 is 0 Å². The maximum atomic E-state index is 3.54. The first-order chi connectivity index (χ1) is 7.38. The van der Waals surface area contributed by atoms with Crippen LogP contribution in [0.3, 0.4) is 0 Å². The fraction of sp³-hybridized carbons (Fsp3) is 0.571. The lowest BCUT2D eigenvalue weighted by Crippen LogP contribution is -2.39. The summed E-state index contributed by atoms with van der Waals surface area (Å²) in [5, 5.41) is 4.14. The van der Waals surface area contributed by atoms with E-state index in [1.54, 1.807) is 0 Å². The van der Waals surface area contributed by atoms with Crippen LogP contribution in [0.25, 0.3) is 0 Å². The second-order valence-electron chi connectivity index (χ2n) is 5.32. The van der Waals surface area contributed by atoms with Crippen molar-refractivity contribution in [2.75, 3.05) is 6.54 Å². The summed E-state index contributed by atoms with van der Waals surface area (Å²) in [4.78, 5) is 1.39. The minimum Gasteiger partial charge on any atom is -0.311 e. The SMILES string of the molecule is Cc1ccccc1SC(C)CNC(C)(C)C. The third-order valence-corrected chi connectivity index (χ3v) is 3.62. The first kappa shape index (κ1) is 13.6. The van der Waals surface area contributed by atoms with Crippen molar-refractivity contribution < 1.29 is 0 Å². The van der Waals surface area contributed by atoms with Gasteiger partial charge in [0.1, 0.15) is 0 Å². The van der Waals surface area contributed by atoms with Crippen LogP contribution in [0.5, 0.6) is 0 Å². The highest BCUT2D eigenvalue weighted by atomic mass is 32.2. The normalized spacial score (nSPS) is 13.8. The van der Waals surface area contributed by atoms with Gasteiger partial charge in [0.15, 0.2) is 0 Å². The van der Waals surface area contributed by atoms with Crippen molar-refractivity contribution in [2.24, 2.45) is 0 Å². The molecule has 0 fully saturated rings. The molecule has 0 aliphatic carbocycles. The monoisotopic (exact) mass is 237 g/mol. The molecular formula is C14H23NS. The molecule has 0 radical (unpaired) electrons. The maximum Gasteiger partial charge on any atom is 0.0191 e. The summed E-state index contributed by atoms with van der Waals surface area (Å²) in [7, 11) is 0. The average molecular weight is 237 g/mol. The van der Waals surface area contributed by atoms with Crippen LogP contribution in [0.4, 0.5) is 0 Å². The molecule has 1 aromatic carbocycles. The van der Waals surface area contributed by atoms with E-state index in [0.29, 0.717) is 5.25 Å².